The Balaban J connectivity index is 2.08. The first-order valence-electron chi connectivity index (χ1n) is 7.87. The summed E-state index contributed by atoms with van der Waals surface area (Å²) >= 11 is 6.51. The van der Waals surface area contributed by atoms with E-state index in [-0.39, 0.29) is 0 Å². The molecule has 3 aromatic carbocycles. The molecule has 0 spiro atoms. The van der Waals surface area contributed by atoms with Gasteiger partial charge in [0.05, 0.1) is 21.7 Å². The van der Waals surface area contributed by atoms with Gasteiger partial charge in [0.2, 0.25) is 0 Å². The summed E-state index contributed by atoms with van der Waals surface area (Å²) in [6.45, 7) is 0. The highest BCUT2D eigenvalue weighted by molar-refractivity contribution is 6.37. The zero-order chi connectivity index (χ0) is 16.1. The molecule has 0 atom stereocenters. The molecule has 0 bridgehead atoms. The zero-order valence-electron chi connectivity index (χ0n) is 12.8. The van der Waals surface area contributed by atoms with Crippen LogP contribution in [0.1, 0.15) is 0 Å². The summed E-state index contributed by atoms with van der Waals surface area (Å²) in [7, 11) is 0. The third-order valence-corrected chi connectivity index (χ3v) is 4.75. The van der Waals surface area contributed by atoms with Crippen molar-refractivity contribution in [2.75, 3.05) is 0 Å². The van der Waals surface area contributed by atoms with E-state index in [1.54, 1.807) is 0 Å². The molecular formula is C21H13ClN2. The van der Waals surface area contributed by atoms with Gasteiger partial charge in [0.25, 0.3) is 0 Å². The fourth-order valence-corrected chi connectivity index (χ4v) is 3.63. The number of para-hydroxylation sites is 2. The van der Waals surface area contributed by atoms with E-state index in [1.807, 2.05) is 36.4 Å². The van der Waals surface area contributed by atoms with E-state index in [1.165, 1.54) is 0 Å². The average Bonchev–Trinajstić information content (AvgIpc) is 3.01. The second-order valence-corrected chi connectivity index (χ2v) is 6.27. The quantitative estimate of drug-likeness (QED) is 0.371. The van der Waals surface area contributed by atoms with Gasteiger partial charge in [0, 0.05) is 5.39 Å². The number of rotatable bonds is 1. The van der Waals surface area contributed by atoms with E-state index in [4.69, 9.17) is 16.6 Å². The Hall–Kier alpha value is -2.84. The average molecular weight is 329 g/mol. The maximum Gasteiger partial charge on any atom is 0.147 e. The molecule has 0 aliphatic carbocycles. The van der Waals surface area contributed by atoms with E-state index >= 15 is 0 Å². The lowest BCUT2D eigenvalue weighted by Crippen LogP contribution is -1.94. The first kappa shape index (κ1) is 13.6. The van der Waals surface area contributed by atoms with Crippen molar-refractivity contribution >= 4 is 39.1 Å². The number of hydrogen-bond acceptors (Lipinski definition) is 1. The maximum atomic E-state index is 6.51. The highest BCUT2D eigenvalue weighted by atomic mass is 35.5. The van der Waals surface area contributed by atoms with Crippen LogP contribution in [0.5, 0.6) is 0 Å². The van der Waals surface area contributed by atoms with Crippen molar-refractivity contribution in [1.82, 2.24) is 9.38 Å². The molecule has 0 amide bonds. The van der Waals surface area contributed by atoms with Crippen molar-refractivity contribution in [3.63, 3.8) is 0 Å². The number of nitrogens with zero attached hydrogens (tertiary/aromatic N) is 2. The van der Waals surface area contributed by atoms with Crippen LogP contribution >= 0.6 is 11.6 Å². The van der Waals surface area contributed by atoms with Crippen LogP contribution in [0.2, 0.25) is 5.02 Å². The van der Waals surface area contributed by atoms with Crippen LogP contribution in [0, 0.1) is 0 Å². The lowest BCUT2D eigenvalue weighted by molar-refractivity contribution is 1.25. The third-order valence-electron chi connectivity index (χ3n) is 4.43. The first-order chi connectivity index (χ1) is 11.8. The predicted octanol–water partition coefficient (Wildman–Crippen LogP) is 5.96. The van der Waals surface area contributed by atoms with Gasteiger partial charge in [-0.2, -0.15) is 0 Å². The zero-order valence-corrected chi connectivity index (χ0v) is 13.5. The second kappa shape index (κ2) is 5.08. The number of aromatic nitrogens is 2. The van der Waals surface area contributed by atoms with E-state index in [9.17, 15) is 0 Å². The van der Waals surface area contributed by atoms with Crippen LogP contribution in [0.15, 0.2) is 78.9 Å². The topological polar surface area (TPSA) is 17.3 Å². The predicted molar refractivity (Wildman–Crippen MR) is 101 cm³/mol. The fraction of sp³-hybridized carbons (Fsp3) is 0. The lowest BCUT2D eigenvalue weighted by Gasteiger charge is -2.11. The normalized spacial score (nSPS) is 11.5. The minimum Gasteiger partial charge on any atom is -0.292 e. The van der Waals surface area contributed by atoms with Crippen molar-refractivity contribution in [1.29, 1.82) is 0 Å². The summed E-state index contributed by atoms with van der Waals surface area (Å²) < 4.78 is 2.21. The lowest BCUT2D eigenvalue weighted by atomic mass is 10.1. The molecule has 2 nitrogen and oxygen atoms in total. The van der Waals surface area contributed by atoms with Gasteiger partial charge in [-0.25, -0.2) is 4.98 Å². The molecule has 5 rings (SSSR count). The minimum atomic E-state index is 0.729. The van der Waals surface area contributed by atoms with Crippen molar-refractivity contribution < 1.29 is 0 Å². The first-order valence-corrected chi connectivity index (χ1v) is 8.24. The molecule has 0 aliphatic rings. The molecule has 0 fully saturated rings. The monoisotopic (exact) mass is 328 g/mol. The molecule has 0 N–H and O–H groups in total. The Morgan fingerprint density at radius 3 is 2.46 bits per heavy atom. The summed E-state index contributed by atoms with van der Waals surface area (Å²) in [5.41, 5.74) is 5.25. The molecule has 2 heterocycles. The molecule has 0 saturated carbocycles. The number of benzene rings is 3. The van der Waals surface area contributed by atoms with Crippen LogP contribution in [-0.2, 0) is 0 Å². The summed E-state index contributed by atoms with van der Waals surface area (Å²) in [4.78, 5) is 4.87. The van der Waals surface area contributed by atoms with Crippen LogP contribution in [0.3, 0.4) is 0 Å². The van der Waals surface area contributed by atoms with Gasteiger partial charge in [-0.15, -0.1) is 0 Å². The largest absolute Gasteiger partial charge is 0.292 e. The van der Waals surface area contributed by atoms with Gasteiger partial charge in [0.15, 0.2) is 0 Å². The van der Waals surface area contributed by atoms with E-state index < -0.39 is 0 Å². The van der Waals surface area contributed by atoms with E-state index in [2.05, 4.69) is 46.9 Å². The number of halogens is 1. The number of fused-ring (bicyclic) bond motifs is 5. The number of hydrogen-bond donors (Lipinski definition) is 0. The number of imidazole rings is 1. The summed E-state index contributed by atoms with van der Waals surface area (Å²) in [5.74, 6) is 0. The molecule has 0 aliphatic heterocycles. The molecule has 0 unspecified atom stereocenters. The van der Waals surface area contributed by atoms with Gasteiger partial charge in [-0.3, -0.25) is 4.40 Å². The van der Waals surface area contributed by atoms with Crippen molar-refractivity contribution in [3.05, 3.63) is 83.9 Å². The summed E-state index contributed by atoms with van der Waals surface area (Å²) in [6, 6.07) is 26.8. The van der Waals surface area contributed by atoms with Crippen molar-refractivity contribution in [2.45, 2.75) is 0 Å². The van der Waals surface area contributed by atoms with Crippen molar-refractivity contribution in [2.24, 2.45) is 0 Å². The molecule has 2 aromatic heterocycles. The molecular weight excluding hydrogens is 316 g/mol. The molecule has 0 saturated heterocycles. The molecule has 3 heteroatoms. The SMILES string of the molecule is Clc1cccc2cc(-c3ccccc3)n3c4ccccc4nc3c12. The Bertz CT molecular complexity index is 1210. The highest BCUT2D eigenvalue weighted by Crippen LogP contribution is 2.34. The summed E-state index contributed by atoms with van der Waals surface area (Å²) in [5, 5.41) is 2.83. The fourth-order valence-electron chi connectivity index (χ4n) is 3.37. The molecule has 24 heavy (non-hydrogen) atoms. The smallest absolute Gasteiger partial charge is 0.147 e. The minimum absolute atomic E-state index is 0.729. The molecule has 0 radical (unpaired) electrons. The van der Waals surface area contributed by atoms with E-state index in [0.717, 1.165) is 43.7 Å². The Morgan fingerprint density at radius 1 is 0.792 bits per heavy atom. The van der Waals surface area contributed by atoms with Crippen LogP contribution < -0.4 is 0 Å². The third kappa shape index (κ3) is 1.87. The maximum absolute atomic E-state index is 6.51. The van der Waals surface area contributed by atoms with Crippen LogP contribution in [-0.4, -0.2) is 9.38 Å². The van der Waals surface area contributed by atoms with Gasteiger partial charge in [-0.1, -0.05) is 66.2 Å². The standard InChI is InChI=1S/C21H13ClN2/c22-16-10-6-9-15-13-19(14-7-2-1-3-8-14)24-18-12-5-4-11-17(18)23-21(24)20(15)16/h1-13H. The van der Waals surface area contributed by atoms with Gasteiger partial charge in [0.1, 0.15) is 5.65 Å². The highest BCUT2D eigenvalue weighted by Gasteiger charge is 2.15. The Labute approximate surface area is 143 Å². The van der Waals surface area contributed by atoms with Gasteiger partial charge < -0.3 is 0 Å². The van der Waals surface area contributed by atoms with Gasteiger partial charge >= 0.3 is 0 Å². The summed E-state index contributed by atoms with van der Waals surface area (Å²) in [6.07, 6.45) is 0. The second-order valence-electron chi connectivity index (χ2n) is 5.86. The molecule has 114 valence electrons. The van der Waals surface area contributed by atoms with Gasteiger partial charge in [-0.05, 0) is 35.2 Å². The van der Waals surface area contributed by atoms with Crippen molar-refractivity contribution in [3.8, 4) is 11.3 Å². The van der Waals surface area contributed by atoms with Crippen LogP contribution in [0.4, 0.5) is 0 Å². The Morgan fingerprint density at radius 2 is 1.58 bits per heavy atom. The van der Waals surface area contributed by atoms with E-state index in [0.29, 0.717) is 0 Å². The number of pyridine rings is 1. The Kier molecular flexibility index (Phi) is 2.88. The van der Waals surface area contributed by atoms with Crippen LogP contribution in [0.25, 0.3) is 38.7 Å². The molecule has 5 aromatic rings.